The quantitative estimate of drug-likeness (QED) is 0.498. The number of benzene rings is 1. The zero-order valence-electron chi connectivity index (χ0n) is 11.0. The summed E-state index contributed by atoms with van der Waals surface area (Å²) in [5, 5.41) is 4.35. The molecule has 0 spiro atoms. The second-order valence-electron chi connectivity index (χ2n) is 4.35. The highest BCUT2D eigenvalue weighted by molar-refractivity contribution is 5.92. The van der Waals surface area contributed by atoms with E-state index in [-0.39, 0.29) is 0 Å². The van der Waals surface area contributed by atoms with Gasteiger partial charge in [0.2, 0.25) is 0 Å². The van der Waals surface area contributed by atoms with Gasteiger partial charge in [0, 0.05) is 17.1 Å². The van der Waals surface area contributed by atoms with Gasteiger partial charge in [0.25, 0.3) is 0 Å². The third kappa shape index (κ3) is 2.12. The molecule has 3 aromatic rings. The van der Waals surface area contributed by atoms with Crippen molar-refractivity contribution < 1.29 is 0 Å². The number of para-hydroxylation sites is 1. The van der Waals surface area contributed by atoms with Crippen LogP contribution in [0.15, 0.2) is 42.9 Å². The predicted molar refractivity (Wildman–Crippen MR) is 79.6 cm³/mol. The molecule has 0 saturated heterocycles. The number of nitrogens with two attached hydrogens (primary N) is 1. The number of nitrogens with zero attached hydrogens (tertiary/aromatic N) is 3. The molecule has 0 aliphatic carbocycles. The number of rotatable bonds is 3. The van der Waals surface area contributed by atoms with Crippen molar-refractivity contribution in [3.8, 4) is 0 Å². The average molecular weight is 266 g/mol. The lowest BCUT2D eigenvalue weighted by atomic mass is 10.2. The first kappa shape index (κ1) is 12.3. The van der Waals surface area contributed by atoms with E-state index in [2.05, 4.69) is 25.7 Å². The highest BCUT2D eigenvalue weighted by Crippen LogP contribution is 2.26. The summed E-state index contributed by atoms with van der Waals surface area (Å²) in [5.41, 5.74) is 5.20. The van der Waals surface area contributed by atoms with E-state index in [9.17, 15) is 0 Å². The SMILES string of the molecule is Cc1c(NN)ncnc1Nc1cccc2cccnc12. The molecule has 0 saturated carbocycles. The van der Waals surface area contributed by atoms with Crippen molar-refractivity contribution in [2.24, 2.45) is 5.84 Å². The minimum absolute atomic E-state index is 0.593. The minimum atomic E-state index is 0.593. The van der Waals surface area contributed by atoms with Crippen LogP contribution in [0.4, 0.5) is 17.3 Å². The van der Waals surface area contributed by atoms with Gasteiger partial charge in [-0.15, -0.1) is 0 Å². The zero-order valence-corrected chi connectivity index (χ0v) is 11.0. The molecule has 6 heteroatoms. The van der Waals surface area contributed by atoms with Crippen molar-refractivity contribution in [3.63, 3.8) is 0 Å². The van der Waals surface area contributed by atoms with Gasteiger partial charge in [0.1, 0.15) is 18.0 Å². The van der Waals surface area contributed by atoms with Gasteiger partial charge in [0.15, 0.2) is 0 Å². The first-order valence-corrected chi connectivity index (χ1v) is 6.18. The Morgan fingerprint density at radius 2 is 1.80 bits per heavy atom. The van der Waals surface area contributed by atoms with E-state index >= 15 is 0 Å². The maximum Gasteiger partial charge on any atom is 0.148 e. The summed E-state index contributed by atoms with van der Waals surface area (Å²) in [6.07, 6.45) is 3.23. The molecular formula is C14H14N6. The molecule has 1 aromatic carbocycles. The van der Waals surface area contributed by atoms with Crippen LogP contribution in [0.3, 0.4) is 0 Å². The summed E-state index contributed by atoms with van der Waals surface area (Å²) in [4.78, 5) is 12.7. The van der Waals surface area contributed by atoms with Gasteiger partial charge >= 0.3 is 0 Å². The third-order valence-electron chi connectivity index (χ3n) is 3.11. The van der Waals surface area contributed by atoms with E-state index in [1.54, 1.807) is 6.20 Å². The molecule has 0 aliphatic rings. The number of hydrogen-bond acceptors (Lipinski definition) is 6. The second kappa shape index (κ2) is 5.10. The third-order valence-corrected chi connectivity index (χ3v) is 3.11. The van der Waals surface area contributed by atoms with Crippen LogP contribution in [-0.2, 0) is 0 Å². The molecule has 0 bridgehead atoms. The van der Waals surface area contributed by atoms with E-state index in [0.717, 1.165) is 22.2 Å². The molecule has 3 rings (SSSR count). The van der Waals surface area contributed by atoms with Crippen molar-refractivity contribution in [1.29, 1.82) is 0 Å². The molecule has 2 aromatic heterocycles. The largest absolute Gasteiger partial charge is 0.338 e. The number of hydrogen-bond donors (Lipinski definition) is 3. The van der Waals surface area contributed by atoms with Crippen molar-refractivity contribution >= 4 is 28.2 Å². The summed E-state index contributed by atoms with van der Waals surface area (Å²) < 4.78 is 0. The number of fused-ring (bicyclic) bond motifs is 1. The van der Waals surface area contributed by atoms with Gasteiger partial charge in [-0.25, -0.2) is 15.8 Å². The van der Waals surface area contributed by atoms with Crippen molar-refractivity contribution in [3.05, 3.63) is 48.4 Å². The predicted octanol–water partition coefficient (Wildman–Crippen LogP) is 2.36. The molecule has 4 N–H and O–H groups in total. The van der Waals surface area contributed by atoms with Crippen LogP contribution in [0.1, 0.15) is 5.56 Å². The molecule has 6 nitrogen and oxygen atoms in total. The van der Waals surface area contributed by atoms with Crippen LogP contribution in [-0.4, -0.2) is 15.0 Å². The van der Waals surface area contributed by atoms with Crippen molar-refractivity contribution in [1.82, 2.24) is 15.0 Å². The summed E-state index contributed by atoms with van der Waals surface area (Å²) in [7, 11) is 0. The number of pyridine rings is 1. The molecule has 0 amide bonds. The summed E-state index contributed by atoms with van der Waals surface area (Å²) >= 11 is 0. The first-order chi connectivity index (χ1) is 9.79. The smallest absolute Gasteiger partial charge is 0.148 e. The number of hydrazine groups is 1. The number of nitrogens with one attached hydrogen (secondary N) is 2. The Bertz CT molecular complexity index is 750. The van der Waals surface area contributed by atoms with Crippen LogP contribution in [0, 0.1) is 6.92 Å². The van der Waals surface area contributed by atoms with Crippen LogP contribution in [0.2, 0.25) is 0 Å². The lowest BCUT2D eigenvalue weighted by molar-refractivity contribution is 1.11. The molecular weight excluding hydrogens is 252 g/mol. The number of nitrogen functional groups attached to an aromatic ring is 1. The maximum absolute atomic E-state index is 5.42. The summed E-state index contributed by atoms with van der Waals surface area (Å²) in [6, 6.07) is 9.90. The monoisotopic (exact) mass is 266 g/mol. The topological polar surface area (TPSA) is 88.8 Å². The normalized spacial score (nSPS) is 10.5. The Morgan fingerprint density at radius 3 is 2.65 bits per heavy atom. The summed E-state index contributed by atoms with van der Waals surface area (Å²) in [6.45, 7) is 1.90. The molecule has 0 aliphatic heterocycles. The van der Waals surface area contributed by atoms with Gasteiger partial charge in [-0.05, 0) is 19.1 Å². The van der Waals surface area contributed by atoms with E-state index in [1.165, 1.54) is 6.33 Å². The van der Waals surface area contributed by atoms with Gasteiger partial charge in [-0.1, -0.05) is 18.2 Å². The number of anilines is 3. The van der Waals surface area contributed by atoms with Crippen LogP contribution in [0.5, 0.6) is 0 Å². The lowest BCUT2D eigenvalue weighted by Crippen LogP contribution is -2.11. The van der Waals surface area contributed by atoms with Crippen molar-refractivity contribution in [2.45, 2.75) is 6.92 Å². The molecule has 0 fully saturated rings. The van der Waals surface area contributed by atoms with Gasteiger partial charge < -0.3 is 10.7 Å². The van der Waals surface area contributed by atoms with Crippen LogP contribution >= 0.6 is 0 Å². The fourth-order valence-corrected chi connectivity index (χ4v) is 2.05. The minimum Gasteiger partial charge on any atom is -0.338 e. The standard InChI is InChI=1S/C14H14N6/c1-9-13(17-8-18-14(9)20-15)19-11-6-2-4-10-5-3-7-16-12(10)11/h2-8H,15H2,1H3,(H2,17,18,19,20). The van der Waals surface area contributed by atoms with Gasteiger partial charge in [-0.2, -0.15) is 0 Å². The summed E-state index contributed by atoms with van der Waals surface area (Å²) in [5.74, 6) is 6.72. The molecule has 20 heavy (non-hydrogen) atoms. The molecule has 0 radical (unpaired) electrons. The lowest BCUT2D eigenvalue weighted by Gasteiger charge is -2.12. The Kier molecular flexibility index (Phi) is 3.14. The Morgan fingerprint density at radius 1 is 1.00 bits per heavy atom. The maximum atomic E-state index is 5.42. The zero-order chi connectivity index (χ0) is 13.9. The average Bonchev–Trinajstić information content (AvgIpc) is 2.50. The fraction of sp³-hybridized carbons (Fsp3) is 0.0714. The Hall–Kier alpha value is -2.73. The van der Waals surface area contributed by atoms with Gasteiger partial charge in [-0.3, -0.25) is 4.98 Å². The molecule has 2 heterocycles. The molecule has 0 unspecified atom stereocenters. The molecule has 0 atom stereocenters. The fourth-order valence-electron chi connectivity index (χ4n) is 2.05. The highest BCUT2D eigenvalue weighted by atomic mass is 15.3. The van der Waals surface area contributed by atoms with E-state index < -0.39 is 0 Å². The van der Waals surface area contributed by atoms with E-state index in [0.29, 0.717) is 11.6 Å². The highest BCUT2D eigenvalue weighted by Gasteiger charge is 2.08. The second-order valence-corrected chi connectivity index (χ2v) is 4.35. The Balaban J connectivity index is 2.06. The Labute approximate surface area is 116 Å². The van der Waals surface area contributed by atoms with Crippen molar-refractivity contribution in [2.75, 3.05) is 10.7 Å². The first-order valence-electron chi connectivity index (χ1n) is 6.18. The number of aromatic nitrogens is 3. The van der Waals surface area contributed by atoms with E-state index in [1.807, 2.05) is 37.3 Å². The molecule has 100 valence electrons. The van der Waals surface area contributed by atoms with Gasteiger partial charge in [0.05, 0.1) is 11.2 Å². The van der Waals surface area contributed by atoms with Crippen LogP contribution in [0.25, 0.3) is 10.9 Å². The van der Waals surface area contributed by atoms with Crippen LogP contribution < -0.4 is 16.6 Å². The van der Waals surface area contributed by atoms with E-state index in [4.69, 9.17) is 5.84 Å².